The van der Waals surface area contributed by atoms with E-state index >= 15 is 0 Å². The van der Waals surface area contributed by atoms with Crippen LogP contribution in [0.3, 0.4) is 0 Å². The van der Waals surface area contributed by atoms with Gasteiger partial charge in [0.05, 0.1) is 0 Å². The number of aryl methyl sites for hydroxylation is 1. The molecule has 0 aliphatic carbocycles. The Morgan fingerprint density at radius 3 is 2.92 bits per heavy atom. The molecule has 2 amide bonds. The van der Waals surface area contributed by atoms with Crippen LogP contribution in [-0.4, -0.2) is 88.1 Å². The van der Waals surface area contributed by atoms with Crippen LogP contribution in [0.15, 0.2) is 39.2 Å². The number of anilines is 1. The molecule has 5 rings (SSSR count). The van der Waals surface area contributed by atoms with Crippen LogP contribution in [0.4, 0.5) is 5.13 Å². The van der Waals surface area contributed by atoms with Crippen molar-refractivity contribution in [1.82, 2.24) is 34.8 Å². The van der Waals surface area contributed by atoms with Gasteiger partial charge in [0, 0.05) is 22.6 Å². The Morgan fingerprint density at radius 1 is 1.41 bits per heavy atom. The fourth-order valence-electron chi connectivity index (χ4n) is 3.86. The van der Waals surface area contributed by atoms with Crippen LogP contribution in [-0.2, 0) is 19.2 Å². The minimum atomic E-state index is -1.21. The summed E-state index contributed by atoms with van der Waals surface area (Å²) >= 11 is 3.87. The predicted molar refractivity (Wildman–Crippen MR) is 136 cm³/mol. The fraction of sp³-hybridized carbons (Fsp3) is 0.300. The van der Waals surface area contributed by atoms with Gasteiger partial charge in [0.1, 0.15) is 41.3 Å². The quantitative estimate of drug-likeness (QED) is 0.113. The summed E-state index contributed by atoms with van der Waals surface area (Å²) in [5, 5.41) is 22.4. The third kappa shape index (κ3) is 4.60. The van der Waals surface area contributed by atoms with E-state index in [0.717, 1.165) is 22.1 Å². The number of aromatic nitrogens is 5. The highest BCUT2D eigenvalue weighted by Crippen LogP contribution is 2.41. The Kier molecular flexibility index (Phi) is 6.74. The molecule has 0 saturated carbocycles. The second-order valence-corrected chi connectivity index (χ2v) is 10.8. The number of amides is 2. The Hall–Kier alpha value is -3.70. The number of nitrogen functional groups attached to an aromatic ring is 1. The first-order chi connectivity index (χ1) is 17.8. The SMILES string of the molecule is CO/N=C(\C(=O)N[C@@H]1C(=O)N2C(C(=O)O)=C(CSc3cc(C)nc4ncnn34)CS[C@H]12)c1csc(N)n1. The van der Waals surface area contributed by atoms with Gasteiger partial charge in [-0.05, 0) is 18.6 Å². The predicted octanol–water partition coefficient (Wildman–Crippen LogP) is 0.353. The van der Waals surface area contributed by atoms with E-state index in [-0.39, 0.29) is 22.2 Å². The topological polar surface area (TPSA) is 190 Å². The van der Waals surface area contributed by atoms with Crippen LogP contribution < -0.4 is 11.1 Å². The molecular formula is C20H19N9O5S3. The van der Waals surface area contributed by atoms with Gasteiger partial charge >= 0.3 is 5.97 Å². The first-order valence-corrected chi connectivity index (χ1v) is 13.5. The normalized spacial score (nSPS) is 19.6. The minimum absolute atomic E-state index is 0.0783. The molecule has 3 aromatic rings. The molecule has 0 bridgehead atoms. The zero-order valence-electron chi connectivity index (χ0n) is 19.3. The zero-order chi connectivity index (χ0) is 26.3. The van der Waals surface area contributed by atoms with E-state index in [1.165, 1.54) is 41.9 Å². The first kappa shape index (κ1) is 25.0. The van der Waals surface area contributed by atoms with Crippen molar-refractivity contribution in [2.75, 3.05) is 24.3 Å². The molecule has 192 valence electrons. The maximum absolute atomic E-state index is 13.0. The van der Waals surface area contributed by atoms with Crippen molar-refractivity contribution in [3.8, 4) is 0 Å². The number of nitrogens with zero attached hydrogens (tertiary/aromatic N) is 7. The number of aliphatic carboxylic acids is 1. The molecule has 4 N–H and O–H groups in total. The Balaban J connectivity index is 1.33. The first-order valence-electron chi connectivity index (χ1n) is 10.6. The van der Waals surface area contributed by atoms with Crippen LogP contribution in [0.1, 0.15) is 11.4 Å². The molecule has 0 aromatic carbocycles. The van der Waals surface area contributed by atoms with Crippen LogP contribution >= 0.6 is 34.9 Å². The van der Waals surface area contributed by atoms with Crippen molar-refractivity contribution in [2.45, 2.75) is 23.4 Å². The monoisotopic (exact) mass is 561 g/mol. The van der Waals surface area contributed by atoms with Gasteiger partial charge in [-0.3, -0.25) is 14.5 Å². The number of fused-ring (bicyclic) bond motifs is 2. The van der Waals surface area contributed by atoms with Crippen molar-refractivity contribution >= 4 is 69.3 Å². The maximum atomic E-state index is 13.0. The number of carbonyl (C=O) groups excluding carboxylic acids is 2. The molecular weight excluding hydrogens is 542 g/mol. The summed E-state index contributed by atoms with van der Waals surface area (Å²) in [6.45, 7) is 1.83. The molecule has 2 aliphatic heterocycles. The molecule has 37 heavy (non-hydrogen) atoms. The second-order valence-electron chi connectivity index (χ2n) is 7.81. The summed E-state index contributed by atoms with van der Waals surface area (Å²) in [4.78, 5) is 56.5. The molecule has 1 saturated heterocycles. The van der Waals surface area contributed by atoms with E-state index in [4.69, 9.17) is 10.6 Å². The van der Waals surface area contributed by atoms with Crippen LogP contribution in [0.5, 0.6) is 0 Å². The highest BCUT2D eigenvalue weighted by Gasteiger charge is 2.54. The Labute approximate surface area is 221 Å². The lowest BCUT2D eigenvalue weighted by Crippen LogP contribution is -2.71. The number of carbonyl (C=O) groups is 3. The van der Waals surface area contributed by atoms with E-state index < -0.39 is 29.2 Å². The number of nitrogens with two attached hydrogens (primary N) is 1. The number of thiazole rings is 1. The number of nitrogens with one attached hydrogen (secondary N) is 1. The number of carboxylic acids is 1. The Morgan fingerprint density at radius 2 is 2.22 bits per heavy atom. The molecule has 2 aliphatic rings. The van der Waals surface area contributed by atoms with Crippen LogP contribution in [0.25, 0.3) is 5.78 Å². The van der Waals surface area contributed by atoms with Crippen LogP contribution in [0, 0.1) is 6.92 Å². The summed E-state index contributed by atoms with van der Waals surface area (Å²) in [6.07, 6.45) is 1.40. The van der Waals surface area contributed by atoms with Crippen molar-refractivity contribution in [2.24, 2.45) is 5.16 Å². The molecule has 17 heteroatoms. The second kappa shape index (κ2) is 9.98. The lowest BCUT2D eigenvalue weighted by Gasteiger charge is -2.49. The number of oxime groups is 1. The summed E-state index contributed by atoms with van der Waals surface area (Å²) in [5.74, 6) is -1.30. The van der Waals surface area contributed by atoms with Crippen molar-refractivity contribution in [1.29, 1.82) is 0 Å². The minimum Gasteiger partial charge on any atom is -0.477 e. The van der Waals surface area contributed by atoms with E-state index in [1.807, 2.05) is 13.0 Å². The lowest BCUT2D eigenvalue weighted by molar-refractivity contribution is -0.150. The van der Waals surface area contributed by atoms with E-state index in [1.54, 1.807) is 9.90 Å². The number of thioether (sulfide) groups is 2. The molecule has 0 unspecified atom stereocenters. The molecule has 5 heterocycles. The van der Waals surface area contributed by atoms with Crippen molar-refractivity contribution < 1.29 is 24.3 Å². The van der Waals surface area contributed by atoms with Gasteiger partial charge in [-0.15, -0.1) is 34.9 Å². The van der Waals surface area contributed by atoms with Gasteiger partial charge in [-0.25, -0.2) is 14.8 Å². The molecule has 3 aromatic heterocycles. The van der Waals surface area contributed by atoms with E-state index in [2.05, 4.69) is 30.5 Å². The van der Waals surface area contributed by atoms with Crippen molar-refractivity contribution in [3.05, 3.63) is 40.4 Å². The standard InChI is InChI=1S/C20H19N9O5S3/c1-8-3-11(29-20(24-8)22-7-23-29)35-4-9-5-36-17-13(16(31)28(17)14(9)18(32)33)26-15(30)12(27-34-2)10-6-37-19(21)25-10/h3,6-7,13,17H,4-5H2,1-2H3,(H2,21,25)(H,26,30)(H,32,33)/b27-12-/t13-,17-/m1/s1. The maximum Gasteiger partial charge on any atom is 0.352 e. The average molecular weight is 562 g/mol. The highest BCUT2D eigenvalue weighted by atomic mass is 32.2. The third-order valence-corrected chi connectivity index (χ3v) is 8.53. The molecule has 14 nitrogen and oxygen atoms in total. The van der Waals surface area contributed by atoms with Gasteiger partial charge in [0.2, 0.25) is 0 Å². The number of hydrogen-bond donors (Lipinski definition) is 3. The smallest absolute Gasteiger partial charge is 0.352 e. The summed E-state index contributed by atoms with van der Waals surface area (Å²) in [6, 6.07) is 0.901. The largest absolute Gasteiger partial charge is 0.477 e. The molecule has 0 spiro atoms. The average Bonchev–Trinajstić information content (AvgIpc) is 3.52. The van der Waals surface area contributed by atoms with Gasteiger partial charge in [0.15, 0.2) is 10.8 Å². The number of carboxylic acid groups (broad SMARTS) is 1. The summed E-state index contributed by atoms with van der Waals surface area (Å²) in [7, 11) is 1.28. The van der Waals surface area contributed by atoms with Gasteiger partial charge in [-0.2, -0.15) is 14.6 Å². The van der Waals surface area contributed by atoms with Crippen LogP contribution in [0.2, 0.25) is 0 Å². The van der Waals surface area contributed by atoms with Gasteiger partial charge < -0.3 is 21.0 Å². The van der Waals surface area contributed by atoms with E-state index in [0.29, 0.717) is 22.9 Å². The lowest BCUT2D eigenvalue weighted by atomic mass is 10.0. The molecule has 0 radical (unpaired) electrons. The molecule has 2 atom stereocenters. The highest BCUT2D eigenvalue weighted by molar-refractivity contribution is 8.01. The summed E-state index contributed by atoms with van der Waals surface area (Å²) in [5.41, 5.74) is 6.98. The van der Waals surface area contributed by atoms with Crippen molar-refractivity contribution in [3.63, 3.8) is 0 Å². The molecule has 1 fully saturated rings. The number of rotatable bonds is 8. The fourth-order valence-corrected chi connectivity index (χ4v) is 6.95. The summed E-state index contributed by atoms with van der Waals surface area (Å²) < 4.78 is 1.58. The van der Waals surface area contributed by atoms with Gasteiger partial charge in [0.25, 0.3) is 17.6 Å². The van der Waals surface area contributed by atoms with E-state index in [9.17, 15) is 19.5 Å². The number of hydrogen-bond acceptors (Lipinski definition) is 13. The third-order valence-electron chi connectivity index (χ3n) is 5.44. The zero-order valence-corrected chi connectivity index (χ0v) is 21.8. The Bertz CT molecular complexity index is 1480. The number of β-lactam (4-membered cyclic amide) rings is 1. The van der Waals surface area contributed by atoms with Gasteiger partial charge in [-0.1, -0.05) is 5.16 Å².